The normalized spacial score (nSPS) is 25.1. The standard InChI is InChI=1S/C22H24F3N5O/c1-28-6-4-16(9-19(28)26)30-11-14-8-17(14)18-7-13(10-27-20(18)30)21(31)29-5-2-3-15(12-29)22(23,24)25/h4,6-7,9-10,14-15,17,26H,2-3,5,8,11-12H2,1H3. The van der Waals surface area contributed by atoms with E-state index in [1.807, 2.05) is 25.4 Å². The molecule has 2 aliphatic heterocycles. The third kappa shape index (κ3) is 3.59. The summed E-state index contributed by atoms with van der Waals surface area (Å²) in [6.45, 7) is 0.864. The lowest BCUT2D eigenvalue weighted by atomic mass is 9.96. The molecule has 3 atom stereocenters. The van der Waals surface area contributed by atoms with E-state index in [0.717, 1.165) is 30.0 Å². The number of hydrogen-bond donors (Lipinski definition) is 1. The smallest absolute Gasteiger partial charge is 0.338 e. The largest absolute Gasteiger partial charge is 0.393 e. The summed E-state index contributed by atoms with van der Waals surface area (Å²) < 4.78 is 41.2. The average Bonchev–Trinajstić information content (AvgIpc) is 3.54. The minimum atomic E-state index is -4.28. The molecule has 1 saturated heterocycles. The maximum absolute atomic E-state index is 13.1. The number of nitrogens with zero attached hydrogens (tertiary/aromatic N) is 4. The minimum absolute atomic E-state index is 0.0707. The zero-order chi connectivity index (χ0) is 21.9. The van der Waals surface area contributed by atoms with Gasteiger partial charge in [-0.2, -0.15) is 13.2 Å². The quantitative estimate of drug-likeness (QED) is 0.791. The summed E-state index contributed by atoms with van der Waals surface area (Å²) in [7, 11) is 1.81. The SMILES string of the molecule is Cn1ccc(N2CC3CC3c3cc(C(=O)N4CCCC(C(F)(F)F)C4)cnc32)cc1=N. The Morgan fingerprint density at radius 2 is 2.06 bits per heavy atom. The van der Waals surface area contributed by atoms with Crippen LogP contribution in [0.25, 0.3) is 0 Å². The van der Waals surface area contributed by atoms with Crippen LogP contribution in [-0.2, 0) is 7.05 Å². The lowest BCUT2D eigenvalue weighted by Gasteiger charge is -2.34. The van der Waals surface area contributed by atoms with E-state index < -0.39 is 12.1 Å². The van der Waals surface area contributed by atoms with Crippen molar-refractivity contribution in [3.8, 4) is 0 Å². The van der Waals surface area contributed by atoms with Crippen LogP contribution < -0.4 is 10.4 Å². The van der Waals surface area contributed by atoms with Crippen molar-refractivity contribution in [3.63, 3.8) is 0 Å². The zero-order valence-electron chi connectivity index (χ0n) is 17.2. The molecular weight excluding hydrogens is 407 g/mol. The first-order valence-corrected chi connectivity index (χ1v) is 10.6. The van der Waals surface area contributed by atoms with Crippen LogP contribution in [0.5, 0.6) is 0 Å². The zero-order valence-corrected chi connectivity index (χ0v) is 17.2. The molecule has 164 valence electrons. The lowest BCUT2D eigenvalue weighted by Crippen LogP contribution is -2.44. The highest BCUT2D eigenvalue weighted by molar-refractivity contribution is 5.94. The molecule has 0 radical (unpaired) electrons. The highest BCUT2D eigenvalue weighted by Crippen LogP contribution is 2.55. The first-order valence-electron chi connectivity index (χ1n) is 10.6. The van der Waals surface area contributed by atoms with Gasteiger partial charge in [-0.15, -0.1) is 0 Å². The Kier molecular flexibility index (Phi) is 4.60. The summed E-state index contributed by atoms with van der Waals surface area (Å²) in [5, 5.41) is 8.07. The number of amides is 1. The van der Waals surface area contributed by atoms with Crippen LogP contribution in [0, 0.1) is 17.2 Å². The van der Waals surface area contributed by atoms with Gasteiger partial charge in [0.15, 0.2) is 0 Å². The number of anilines is 2. The molecule has 0 aromatic carbocycles. The topological polar surface area (TPSA) is 65.2 Å². The van der Waals surface area contributed by atoms with E-state index in [4.69, 9.17) is 5.41 Å². The number of hydrogen-bond acceptors (Lipinski definition) is 4. The van der Waals surface area contributed by atoms with Crippen molar-refractivity contribution in [1.29, 1.82) is 5.41 Å². The number of aromatic nitrogens is 2. The molecule has 3 aliphatic rings. The van der Waals surface area contributed by atoms with Crippen molar-refractivity contribution >= 4 is 17.4 Å². The van der Waals surface area contributed by atoms with Crippen LogP contribution in [0.3, 0.4) is 0 Å². The number of alkyl halides is 3. The van der Waals surface area contributed by atoms with E-state index in [2.05, 4.69) is 9.88 Å². The number of rotatable bonds is 2. The molecule has 2 aromatic rings. The van der Waals surface area contributed by atoms with Gasteiger partial charge in [0.05, 0.1) is 11.5 Å². The Morgan fingerprint density at radius 3 is 2.81 bits per heavy atom. The summed E-state index contributed by atoms with van der Waals surface area (Å²) in [4.78, 5) is 21.0. The number of pyridine rings is 2. The first-order chi connectivity index (χ1) is 14.7. The van der Waals surface area contributed by atoms with E-state index in [1.54, 1.807) is 10.6 Å². The molecular formula is C22H24F3N5O. The lowest BCUT2D eigenvalue weighted by molar-refractivity contribution is -0.184. The average molecular weight is 431 g/mol. The van der Waals surface area contributed by atoms with Gasteiger partial charge in [0, 0.05) is 50.8 Å². The fraction of sp³-hybridized carbons (Fsp3) is 0.500. The molecule has 1 amide bonds. The first kappa shape index (κ1) is 20.1. The van der Waals surface area contributed by atoms with Gasteiger partial charge >= 0.3 is 6.18 Å². The van der Waals surface area contributed by atoms with Crippen molar-refractivity contribution in [2.75, 3.05) is 24.5 Å². The molecule has 1 N–H and O–H groups in total. The van der Waals surface area contributed by atoms with Gasteiger partial charge in [-0.05, 0) is 48.8 Å². The van der Waals surface area contributed by atoms with Crippen molar-refractivity contribution in [2.24, 2.45) is 18.9 Å². The number of fused-ring (bicyclic) bond motifs is 3. The van der Waals surface area contributed by atoms with E-state index >= 15 is 0 Å². The van der Waals surface area contributed by atoms with E-state index in [0.29, 0.717) is 35.9 Å². The highest BCUT2D eigenvalue weighted by atomic mass is 19.4. The maximum atomic E-state index is 13.1. The van der Waals surface area contributed by atoms with Gasteiger partial charge in [0.25, 0.3) is 5.91 Å². The molecule has 2 aromatic heterocycles. The third-order valence-electron chi connectivity index (χ3n) is 6.75. The van der Waals surface area contributed by atoms with E-state index in [1.165, 1.54) is 11.1 Å². The number of aryl methyl sites for hydroxylation is 1. The molecule has 6 nitrogen and oxygen atoms in total. The van der Waals surface area contributed by atoms with Crippen molar-refractivity contribution in [1.82, 2.24) is 14.5 Å². The molecule has 9 heteroatoms. The summed E-state index contributed by atoms with van der Waals surface area (Å²) >= 11 is 0. The van der Waals surface area contributed by atoms with Crippen LogP contribution in [0.1, 0.15) is 41.1 Å². The molecule has 31 heavy (non-hydrogen) atoms. The molecule has 0 spiro atoms. The molecule has 1 saturated carbocycles. The molecule has 4 heterocycles. The third-order valence-corrected chi connectivity index (χ3v) is 6.75. The van der Waals surface area contributed by atoms with Gasteiger partial charge in [-0.1, -0.05) is 0 Å². The summed E-state index contributed by atoms with van der Waals surface area (Å²) in [6.07, 6.45) is 0.476. The van der Waals surface area contributed by atoms with Crippen LogP contribution >= 0.6 is 0 Å². The predicted molar refractivity (Wildman–Crippen MR) is 108 cm³/mol. The van der Waals surface area contributed by atoms with Crippen LogP contribution in [0.15, 0.2) is 30.6 Å². The van der Waals surface area contributed by atoms with Gasteiger partial charge in [-0.25, -0.2) is 4.98 Å². The van der Waals surface area contributed by atoms with Crippen molar-refractivity contribution < 1.29 is 18.0 Å². The fourth-order valence-corrected chi connectivity index (χ4v) is 4.81. The second-order valence-corrected chi connectivity index (χ2v) is 8.86. The van der Waals surface area contributed by atoms with Gasteiger partial charge < -0.3 is 14.4 Å². The van der Waals surface area contributed by atoms with E-state index in [9.17, 15) is 18.0 Å². The Labute approximate surface area is 177 Å². The number of halogens is 3. The number of likely N-dealkylation sites (tertiary alicyclic amines) is 1. The van der Waals surface area contributed by atoms with Crippen LogP contribution in [-0.4, -0.2) is 46.2 Å². The second-order valence-electron chi connectivity index (χ2n) is 8.86. The Morgan fingerprint density at radius 1 is 1.26 bits per heavy atom. The van der Waals surface area contributed by atoms with Crippen LogP contribution in [0.4, 0.5) is 24.7 Å². The molecule has 2 fully saturated rings. The fourth-order valence-electron chi connectivity index (χ4n) is 4.81. The summed E-state index contributed by atoms with van der Waals surface area (Å²) in [5.41, 5.74) is 2.60. The molecule has 1 aliphatic carbocycles. The second kappa shape index (κ2) is 7.10. The maximum Gasteiger partial charge on any atom is 0.393 e. The summed E-state index contributed by atoms with van der Waals surface area (Å²) in [6, 6.07) is 5.55. The van der Waals surface area contributed by atoms with Gasteiger partial charge in [0.1, 0.15) is 11.3 Å². The van der Waals surface area contributed by atoms with Crippen molar-refractivity contribution in [3.05, 3.63) is 47.2 Å². The molecule has 5 rings (SSSR count). The van der Waals surface area contributed by atoms with Gasteiger partial charge in [-0.3, -0.25) is 10.2 Å². The van der Waals surface area contributed by atoms with Crippen molar-refractivity contribution in [2.45, 2.75) is 31.4 Å². The number of carbonyl (C=O) groups excluding carboxylic acids is 1. The van der Waals surface area contributed by atoms with Gasteiger partial charge in [0.2, 0.25) is 0 Å². The Balaban J connectivity index is 1.43. The number of nitrogens with one attached hydrogen (secondary N) is 1. The highest BCUT2D eigenvalue weighted by Gasteiger charge is 2.47. The summed E-state index contributed by atoms with van der Waals surface area (Å²) in [5.74, 6) is -0.259. The van der Waals surface area contributed by atoms with Crippen LogP contribution in [0.2, 0.25) is 0 Å². The predicted octanol–water partition coefficient (Wildman–Crippen LogP) is 3.57. The Hall–Kier alpha value is -2.84. The number of piperidine rings is 1. The monoisotopic (exact) mass is 431 g/mol. The number of carbonyl (C=O) groups is 1. The Bertz CT molecular complexity index is 1100. The molecule has 0 bridgehead atoms. The minimum Gasteiger partial charge on any atom is -0.338 e. The van der Waals surface area contributed by atoms with E-state index in [-0.39, 0.29) is 18.9 Å². The molecule has 3 unspecified atom stereocenters.